The summed E-state index contributed by atoms with van der Waals surface area (Å²) in [6.45, 7) is 4.34. The minimum absolute atomic E-state index is 0.937. The Kier molecular flexibility index (Phi) is 3.14. The van der Waals surface area contributed by atoms with Gasteiger partial charge < -0.3 is 5.73 Å². The summed E-state index contributed by atoms with van der Waals surface area (Å²) in [6.07, 6.45) is 7.43. The lowest BCUT2D eigenvalue weighted by Gasteiger charge is -2.17. The average molecular weight is 213 g/mol. The summed E-state index contributed by atoms with van der Waals surface area (Å²) in [7, 11) is 0. The summed E-state index contributed by atoms with van der Waals surface area (Å²) in [5.74, 6) is 0. The second-order valence-corrected chi connectivity index (χ2v) is 4.39. The molecule has 16 heavy (non-hydrogen) atoms. The monoisotopic (exact) mass is 213 g/mol. The molecule has 0 fully saturated rings. The van der Waals surface area contributed by atoms with Crippen molar-refractivity contribution in [2.75, 3.05) is 0 Å². The fourth-order valence-electron chi connectivity index (χ4n) is 2.25. The Morgan fingerprint density at radius 3 is 2.81 bits per heavy atom. The highest BCUT2D eigenvalue weighted by Crippen LogP contribution is 2.29. The molecule has 0 unspecified atom stereocenters. The van der Waals surface area contributed by atoms with Gasteiger partial charge in [0.25, 0.3) is 0 Å². The number of nitrogens with two attached hydrogens (primary N) is 1. The van der Waals surface area contributed by atoms with E-state index in [9.17, 15) is 0 Å². The van der Waals surface area contributed by atoms with E-state index in [-0.39, 0.29) is 0 Å². The molecular formula is C15H19N. The number of allylic oxidation sites excluding steroid dienone is 3. The maximum Gasteiger partial charge on any atom is 0.0349 e. The van der Waals surface area contributed by atoms with E-state index in [2.05, 4.69) is 38.1 Å². The lowest BCUT2D eigenvalue weighted by Crippen LogP contribution is -2.05. The van der Waals surface area contributed by atoms with Crippen molar-refractivity contribution in [3.8, 4) is 0 Å². The van der Waals surface area contributed by atoms with Gasteiger partial charge in [-0.3, -0.25) is 0 Å². The molecule has 0 heterocycles. The Labute approximate surface area is 97.7 Å². The van der Waals surface area contributed by atoms with Crippen LogP contribution >= 0.6 is 0 Å². The first-order valence-electron chi connectivity index (χ1n) is 5.97. The summed E-state index contributed by atoms with van der Waals surface area (Å²) >= 11 is 0. The number of benzene rings is 1. The molecule has 2 N–H and O–H groups in total. The van der Waals surface area contributed by atoms with Crippen LogP contribution in [0.1, 0.15) is 36.5 Å². The summed E-state index contributed by atoms with van der Waals surface area (Å²) < 4.78 is 0. The molecule has 1 aliphatic carbocycles. The molecule has 0 saturated carbocycles. The molecule has 1 aliphatic rings. The number of aryl methyl sites for hydroxylation is 2. The zero-order valence-electron chi connectivity index (χ0n) is 10.1. The smallest absolute Gasteiger partial charge is 0.0349 e. The lowest BCUT2D eigenvalue weighted by atomic mass is 9.90. The quantitative estimate of drug-likeness (QED) is 0.798. The van der Waals surface area contributed by atoms with Crippen LogP contribution in [0.5, 0.6) is 0 Å². The topological polar surface area (TPSA) is 26.0 Å². The highest BCUT2D eigenvalue weighted by atomic mass is 14.6. The molecule has 0 saturated heterocycles. The zero-order chi connectivity index (χ0) is 11.5. The second-order valence-electron chi connectivity index (χ2n) is 4.39. The fourth-order valence-corrected chi connectivity index (χ4v) is 2.25. The maximum absolute atomic E-state index is 6.08. The first-order valence-corrected chi connectivity index (χ1v) is 5.97. The van der Waals surface area contributed by atoms with E-state index in [1.165, 1.54) is 22.3 Å². The third-order valence-corrected chi connectivity index (χ3v) is 3.18. The number of hydrogen-bond acceptors (Lipinski definition) is 1. The van der Waals surface area contributed by atoms with Gasteiger partial charge in [0.05, 0.1) is 0 Å². The first kappa shape index (κ1) is 11.0. The van der Waals surface area contributed by atoms with Crippen molar-refractivity contribution in [3.05, 3.63) is 52.7 Å². The van der Waals surface area contributed by atoms with Gasteiger partial charge in [0.15, 0.2) is 0 Å². The van der Waals surface area contributed by atoms with Crippen molar-refractivity contribution in [3.63, 3.8) is 0 Å². The van der Waals surface area contributed by atoms with Gasteiger partial charge >= 0.3 is 0 Å². The van der Waals surface area contributed by atoms with Crippen molar-refractivity contribution in [1.29, 1.82) is 0 Å². The number of rotatable bonds is 2. The Hall–Kier alpha value is -1.50. The standard InChI is InChI=1S/C15H19N/c1-3-12-9-8-11(2)10-14(12)13-6-4-5-7-15(13)16/h5,7-10H,3-4,6,16H2,1-2H3. The fraction of sp³-hybridized carbons (Fsp3) is 0.333. The Morgan fingerprint density at radius 1 is 1.31 bits per heavy atom. The molecule has 1 heteroatoms. The Morgan fingerprint density at radius 2 is 2.12 bits per heavy atom. The average Bonchev–Trinajstić information content (AvgIpc) is 2.29. The van der Waals surface area contributed by atoms with E-state index in [1.807, 2.05) is 6.08 Å². The highest BCUT2D eigenvalue weighted by molar-refractivity contribution is 5.74. The summed E-state index contributed by atoms with van der Waals surface area (Å²) in [6, 6.07) is 6.67. The molecule has 0 spiro atoms. The van der Waals surface area contributed by atoms with E-state index < -0.39 is 0 Å². The van der Waals surface area contributed by atoms with Crippen LogP contribution in [0.15, 0.2) is 36.0 Å². The SMILES string of the molecule is CCc1ccc(C)cc1C1=C(N)C=CCC1. The van der Waals surface area contributed by atoms with E-state index in [4.69, 9.17) is 5.73 Å². The van der Waals surface area contributed by atoms with Crippen LogP contribution in [-0.2, 0) is 6.42 Å². The molecule has 1 aromatic rings. The van der Waals surface area contributed by atoms with E-state index in [1.54, 1.807) is 0 Å². The highest BCUT2D eigenvalue weighted by Gasteiger charge is 2.11. The van der Waals surface area contributed by atoms with Gasteiger partial charge in [-0.15, -0.1) is 0 Å². The largest absolute Gasteiger partial charge is 0.398 e. The van der Waals surface area contributed by atoms with Gasteiger partial charge in [-0.05, 0) is 49.0 Å². The molecule has 84 valence electrons. The van der Waals surface area contributed by atoms with Crippen LogP contribution in [-0.4, -0.2) is 0 Å². The maximum atomic E-state index is 6.08. The predicted octanol–water partition coefficient (Wildman–Crippen LogP) is 3.58. The molecular weight excluding hydrogens is 194 g/mol. The normalized spacial score (nSPS) is 15.6. The second kappa shape index (κ2) is 4.56. The lowest BCUT2D eigenvalue weighted by molar-refractivity contribution is 1.02. The molecule has 0 aromatic heterocycles. The van der Waals surface area contributed by atoms with Gasteiger partial charge in [-0.1, -0.05) is 36.8 Å². The van der Waals surface area contributed by atoms with Crippen LogP contribution in [0, 0.1) is 6.92 Å². The van der Waals surface area contributed by atoms with Crippen molar-refractivity contribution in [2.24, 2.45) is 5.73 Å². The molecule has 0 bridgehead atoms. The zero-order valence-corrected chi connectivity index (χ0v) is 10.1. The van der Waals surface area contributed by atoms with Crippen LogP contribution in [0.2, 0.25) is 0 Å². The van der Waals surface area contributed by atoms with Gasteiger partial charge in [-0.2, -0.15) is 0 Å². The van der Waals surface area contributed by atoms with Crippen molar-refractivity contribution in [1.82, 2.24) is 0 Å². The Balaban J connectivity index is 2.54. The van der Waals surface area contributed by atoms with Crippen LogP contribution in [0.3, 0.4) is 0 Å². The minimum Gasteiger partial charge on any atom is -0.398 e. The molecule has 1 aromatic carbocycles. The molecule has 0 aliphatic heterocycles. The van der Waals surface area contributed by atoms with Gasteiger partial charge in [-0.25, -0.2) is 0 Å². The van der Waals surface area contributed by atoms with Gasteiger partial charge in [0.2, 0.25) is 0 Å². The predicted molar refractivity (Wildman–Crippen MR) is 70.0 cm³/mol. The third-order valence-electron chi connectivity index (χ3n) is 3.18. The van der Waals surface area contributed by atoms with Crippen molar-refractivity contribution in [2.45, 2.75) is 33.1 Å². The number of hydrogen-bond donors (Lipinski definition) is 1. The van der Waals surface area contributed by atoms with Crippen molar-refractivity contribution < 1.29 is 0 Å². The van der Waals surface area contributed by atoms with E-state index in [0.29, 0.717) is 0 Å². The molecule has 0 amide bonds. The van der Waals surface area contributed by atoms with Gasteiger partial charge in [0.1, 0.15) is 0 Å². The van der Waals surface area contributed by atoms with Crippen LogP contribution < -0.4 is 5.73 Å². The van der Waals surface area contributed by atoms with Crippen LogP contribution in [0.25, 0.3) is 5.57 Å². The summed E-state index contributed by atoms with van der Waals surface area (Å²) in [5.41, 5.74) is 12.4. The minimum atomic E-state index is 0.937. The first-order chi connectivity index (χ1) is 7.72. The van der Waals surface area contributed by atoms with Gasteiger partial charge in [0, 0.05) is 5.70 Å². The van der Waals surface area contributed by atoms with Crippen LogP contribution in [0.4, 0.5) is 0 Å². The Bertz CT molecular complexity index is 453. The van der Waals surface area contributed by atoms with E-state index >= 15 is 0 Å². The summed E-state index contributed by atoms with van der Waals surface area (Å²) in [5, 5.41) is 0. The van der Waals surface area contributed by atoms with Crippen molar-refractivity contribution >= 4 is 5.57 Å². The molecule has 0 atom stereocenters. The summed E-state index contributed by atoms with van der Waals surface area (Å²) in [4.78, 5) is 0. The molecule has 1 nitrogen and oxygen atoms in total. The molecule has 0 radical (unpaired) electrons. The molecule has 2 rings (SSSR count). The van der Waals surface area contributed by atoms with E-state index in [0.717, 1.165) is 25.0 Å². The third kappa shape index (κ3) is 2.04.